The van der Waals surface area contributed by atoms with E-state index in [0.29, 0.717) is 12.4 Å². The van der Waals surface area contributed by atoms with Crippen molar-refractivity contribution in [3.8, 4) is 5.75 Å². The van der Waals surface area contributed by atoms with Crippen LogP contribution in [0.25, 0.3) is 10.8 Å². The highest BCUT2D eigenvalue weighted by Crippen LogP contribution is 2.35. The zero-order valence-electron chi connectivity index (χ0n) is 11.5. The van der Waals surface area contributed by atoms with E-state index in [-0.39, 0.29) is 0 Å². The smallest absolute Gasteiger partial charge is 0.136 e. The molecule has 104 valence electrons. The first kappa shape index (κ1) is 13.0. The molecular formula is C17H18O3. The lowest BCUT2D eigenvalue weighted by Gasteiger charge is -2.21. The Balaban J connectivity index is 2.09. The summed E-state index contributed by atoms with van der Waals surface area (Å²) in [6, 6.07) is 11.7. The molecule has 20 heavy (non-hydrogen) atoms. The van der Waals surface area contributed by atoms with Gasteiger partial charge in [-0.15, -0.1) is 0 Å². The molecule has 0 fully saturated rings. The topological polar surface area (TPSA) is 38.7 Å². The number of aliphatic hydroxyl groups excluding tert-OH is 1. The minimum Gasteiger partial charge on any atom is -0.496 e. The van der Waals surface area contributed by atoms with E-state index in [4.69, 9.17) is 9.47 Å². The molecule has 1 aliphatic rings. The zero-order chi connectivity index (χ0) is 13.9. The molecule has 3 rings (SSSR count). The van der Waals surface area contributed by atoms with Crippen LogP contribution in [0.1, 0.15) is 24.5 Å². The molecule has 1 aliphatic heterocycles. The van der Waals surface area contributed by atoms with E-state index < -0.39 is 6.10 Å². The summed E-state index contributed by atoms with van der Waals surface area (Å²) >= 11 is 0. The number of benzene rings is 2. The number of methoxy groups -OCH3 is 1. The predicted octanol–water partition coefficient (Wildman–Crippen LogP) is 3.58. The van der Waals surface area contributed by atoms with Gasteiger partial charge < -0.3 is 14.6 Å². The van der Waals surface area contributed by atoms with Gasteiger partial charge in [-0.2, -0.15) is 0 Å². The first-order valence-corrected chi connectivity index (χ1v) is 6.88. The highest BCUT2D eigenvalue weighted by molar-refractivity contribution is 5.91. The van der Waals surface area contributed by atoms with Crippen LogP contribution in [-0.2, 0) is 4.74 Å². The summed E-state index contributed by atoms with van der Waals surface area (Å²) in [6.07, 6.45) is 3.24. The van der Waals surface area contributed by atoms with E-state index in [0.717, 1.165) is 34.9 Å². The van der Waals surface area contributed by atoms with Gasteiger partial charge in [-0.25, -0.2) is 0 Å². The molecule has 2 aromatic carbocycles. The van der Waals surface area contributed by atoms with Crippen molar-refractivity contribution in [1.29, 1.82) is 0 Å². The van der Waals surface area contributed by atoms with Crippen molar-refractivity contribution in [1.82, 2.24) is 0 Å². The summed E-state index contributed by atoms with van der Waals surface area (Å²) in [4.78, 5) is 0. The van der Waals surface area contributed by atoms with E-state index in [2.05, 4.69) is 0 Å². The monoisotopic (exact) mass is 270 g/mol. The predicted molar refractivity (Wildman–Crippen MR) is 78.7 cm³/mol. The van der Waals surface area contributed by atoms with Crippen LogP contribution in [-0.4, -0.2) is 18.8 Å². The number of aliphatic hydroxyl groups is 1. The highest BCUT2D eigenvalue weighted by Gasteiger charge is 2.20. The Kier molecular flexibility index (Phi) is 3.61. The molecule has 0 spiro atoms. The fourth-order valence-corrected chi connectivity index (χ4v) is 2.63. The van der Waals surface area contributed by atoms with Crippen molar-refractivity contribution in [3.05, 3.63) is 53.8 Å². The molecule has 0 saturated carbocycles. The van der Waals surface area contributed by atoms with Crippen molar-refractivity contribution in [3.63, 3.8) is 0 Å². The fraction of sp³-hybridized carbons (Fsp3) is 0.294. The first-order chi connectivity index (χ1) is 9.81. The van der Waals surface area contributed by atoms with Gasteiger partial charge in [0.05, 0.1) is 13.7 Å². The van der Waals surface area contributed by atoms with Gasteiger partial charge in [0.1, 0.15) is 17.6 Å². The lowest BCUT2D eigenvalue weighted by molar-refractivity contribution is 0.0925. The molecule has 0 radical (unpaired) electrons. The SMILES string of the molecule is COc1ccc(C(O)C2=CCCCO2)c2ccccc12. The first-order valence-electron chi connectivity index (χ1n) is 6.88. The van der Waals surface area contributed by atoms with E-state index >= 15 is 0 Å². The maximum atomic E-state index is 10.6. The number of ether oxygens (including phenoxy) is 2. The third-order valence-corrected chi connectivity index (χ3v) is 3.66. The zero-order valence-corrected chi connectivity index (χ0v) is 11.5. The third kappa shape index (κ3) is 2.25. The number of hydrogen-bond donors (Lipinski definition) is 1. The van der Waals surface area contributed by atoms with Crippen LogP contribution in [0, 0.1) is 0 Å². The maximum absolute atomic E-state index is 10.6. The minimum absolute atomic E-state index is 0.659. The Labute approximate surface area is 118 Å². The van der Waals surface area contributed by atoms with Crippen molar-refractivity contribution in [2.45, 2.75) is 18.9 Å². The molecular weight excluding hydrogens is 252 g/mol. The average molecular weight is 270 g/mol. The van der Waals surface area contributed by atoms with Crippen molar-refractivity contribution < 1.29 is 14.6 Å². The van der Waals surface area contributed by atoms with Gasteiger partial charge in [0, 0.05) is 5.39 Å². The van der Waals surface area contributed by atoms with Crippen LogP contribution in [0.4, 0.5) is 0 Å². The summed E-state index contributed by atoms with van der Waals surface area (Å²) in [5.74, 6) is 1.47. The molecule has 1 atom stereocenters. The van der Waals surface area contributed by atoms with Gasteiger partial charge in [-0.1, -0.05) is 30.3 Å². The molecule has 1 N–H and O–H groups in total. The van der Waals surface area contributed by atoms with E-state index in [1.165, 1.54) is 0 Å². The Bertz CT molecular complexity index is 646. The van der Waals surface area contributed by atoms with E-state index in [1.54, 1.807) is 7.11 Å². The second-order valence-corrected chi connectivity index (χ2v) is 4.90. The quantitative estimate of drug-likeness (QED) is 0.926. The number of rotatable bonds is 3. The molecule has 0 amide bonds. The summed E-state index contributed by atoms with van der Waals surface area (Å²) in [5.41, 5.74) is 0.856. The Hall–Kier alpha value is -2.00. The molecule has 3 nitrogen and oxygen atoms in total. The average Bonchev–Trinajstić information content (AvgIpc) is 2.54. The van der Waals surface area contributed by atoms with Gasteiger partial charge in [0.2, 0.25) is 0 Å². The van der Waals surface area contributed by atoms with Crippen molar-refractivity contribution in [2.75, 3.05) is 13.7 Å². The standard InChI is InChI=1S/C17H18O3/c1-19-15-10-9-14(12-6-2-3-7-13(12)15)17(18)16-8-4-5-11-20-16/h2-3,6-10,17-18H,4-5,11H2,1H3. The second-order valence-electron chi connectivity index (χ2n) is 4.90. The summed E-state index contributed by atoms with van der Waals surface area (Å²) in [5, 5.41) is 12.6. The van der Waals surface area contributed by atoms with Crippen LogP contribution >= 0.6 is 0 Å². The van der Waals surface area contributed by atoms with Gasteiger partial charge in [0.15, 0.2) is 0 Å². The molecule has 0 bridgehead atoms. The van der Waals surface area contributed by atoms with Crippen LogP contribution in [0.3, 0.4) is 0 Å². The van der Waals surface area contributed by atoms with Gasteiger partial charge in [-0.3, -0.25) is 0 Å². The Morgan fingerprint density at radius 3 is 2.65 bits per heavy atom. The molecule has 2 aromatic rings. The third-order valence-electron chi connectivity index (χ3n) is 3.66. The Morgan fingerprint density at radius 1 is 1.15 bits per heavy atom. The summed E-state index contributed by atoms with van der Waals surface area (Å²) < 4.78 is 11.0. The molecule has 1 unspecified atom stereocenters. The largest absolute Gasteiger partial charge is 0.496 e. The van der Waals surface area contributed by atoms with Crippen molar-refractivity contribution in [2.24, 2.45) is 0 Å². The lowest BCUT2D eigenvalue weighted by Crippen LogP contribution is -2.10. The molecule has 0 saturated heterocycles. The van der Waals surface area contributed by atoms with E-state index in [9.17, 15) is 5.11 Å². The summed E-state index contributed by atoms with van der Waals surface area (Å²) in [7, 11) is 1.66. The lowest BCUT2D eigenvalue weighted by atomic mass is 9.97. The molecule has 0 aliphatic carbocycles. The maximum Gasteiger partial charge on any atom is 0.136 e. The van der Waals surface area contributed by atoms with Crippen LogP contribution < -0.4 is 4.74 Å². The van der Waals surface area contributed by atoms with E-state index in [1.807, 2.05) is 42.5 Å². The number of hydrogen-bond acceptors (Lipinski definition) is 3. The van der Waals surface area contributed by atoms with Gasteiger partial charge in [-0.05, 0) is 35.9 Å². The fourth-order valence-electron chi connectivity index (χ4n) is 2.63. The molecule has 0 aromatic heterocycles. The number of fused-ring (bicyclic) bond motifs is 1. The van der Waals surface area contributed by atoms with Crippen LogP contribution in [0.15, 0.2) is 48.2 Å². The summed E-state index contributed by atoms with van der Waals surface area (Å²) in [6.45, 7) is 0.678. The van der Waals surface area contributed by atoms with Crippen LogP contribution in [0.2, 0.25) is 0 Å². The van der Waals surface area contributed by atoms with Gasteiger partial charge in [0.25, 0.3) is 0 Å². The minimum atomic E-state index is -0.717. The van der Waals surface area contributed by atoms with Gasteiger partial charge >= 0.3 is 0 Å². The normalized spacial score (nSPS) is 16.4. The van der Waals surface area contributed by atoms with Crippen LogP contribution in [0.5, 0.6) is 5.75 Å². The number of allylic oxidation sites excluding steroid dienone is 1. The Morgan fingerprint density at radius 2 is 1.95 bits per heavy atom. The molecule has 3 heteroatoms. The second kappa shape index (κ2) is 5.55. The molecule has 1 heterocycles. The highest BCUT2D eigenvalue weighted by atomic mass is 16.5. The van der Waals surface area contributed by atoms with Crippen molar-refractivity contribution >= 4 is 10.8 Å².